The van der Waals surface area contributed by atoms with Crippen molar-refractivity contribution in [2.45, 2.75) is 6.92 Å². The fraction of sp³-hybridized carbons (Fsp3) is 0.353. The first kappa shape index (κ1) is 15.4. The minimum Gasteiger partial charge on any atom is -0.368 e. The Balaban J connectivity index is 1.83. The molecule has 0 radical (unpaired) electrons. The molecule has 1 aromatic heterocycles. The van der Waals surface area contributed by atoms with Crippen LogP contribution in [0.1, 0.15) is 15.9 Å². The van der Waals surface area contributed by atoms with Gasteiger partial charge in [0, 0.05) is 43.5 Å². The van der Waals surface area contributed by atoms with Crippen LogP contribution in [0.4, 0.5) is 5.95 Å². The van der Waals surface area contributed by atoms with Crippen molar-refractivity contribution in [3.63, 3.8) is 0 Å². The summed E-state index contributed by atoms with van der Waals surface area (Å²) in [5.74, 6) is 0.349. The zero-order valence-corrected chi connectivity index (χ0v) is 13.5. The van der Waals surface area contributed by atoms with Crippen LogP contribution >= 0.6 is 0 Å². The van der Waals surface area contributed by atoms with Crippen molar-refractivity contribution in [2.75, 3.05) is 39.0 Å². The van der Waals surface area contributed by atoms with Gasteiger partial charge in [-0.25, -0.2) is 9.97 Å². The highest BCUT2D eigenvalue weighted by Gasteiger charge is 2.21. The predicted molar refractivity (Wildman–Crippen MR) is 90.0 cm³/mol. The Labute approximate surface area is 135 Å². The maximum absolute atomic E-state index is 12.7. The van der Waals surface area contributed by atoms with Crippen molar-refractivity contribution in [1.29, 1.82) is 0 Å². The van der Waals surface area contributed by atoms with Crippen molar-refractivity contribution in [1.82, 2.24) is 19.8 Å². The third kappa shape index (κ3) is 3.32. The number of aryl methyl sites for hydroxylation is 1. The molecular weight excluding hydrogens is 290 g/mol. The number of carbonyl (C=O) groups is 1. The molecule has 2 N–H and O–H groups in total. The summed E-state index contributed by atoms with van der Waals surface area (Å²) in [6.07, 6.45) is 1.64. The first-order chi connectivity index (χ1) is 11.0. The number of hydrogen-bond donors (Lipinski definition) is 1. The van der Waals surface area contributed by atoms with Gasteiger partial charge in [-0.3, -0.25) is 4.79 Å². The molecule has 0 atom stereocenters. The van der Waals surface area contributed by atoms with Crippen LogP contribution in [-0.2, 0) is 0 Å². The van der Waals surface area contributed by atoms with Gasteiger partial charge in [-0.05, 0) is 37.7 Å². The fourth-order valence-corrected chi connectivity index (χ4v) is 2.78. The van der Waals surface area contributed by atoms with Crippen LogP contribution < -0.4 is 5.73 Å². The molecule has 0 unspecified atom stereocenters. The number of nitrogens with two attached hydrogens (primary N) is 1. The summed E-state index contributed by atoms with van der Waals surface area (Å²) in [6.45, 7) is 5.35. The van der Waals surface area contributed by atoms with Gasteiger partial charge in [0.1, 0.15) is 0 Å². The zero-order chi connectivity index (χ0) is 16.4. The summed E-state index contributed by atoms with van der Waals surface area (Å²) in [6, 6.07) is 7.58. The molecule has 0 aliphatic carbocycles. The van der Waals surface area contributed by atoms with E-state index in [-0.39, 0.29) is 11.9 Å². The van der Waals surface area contributed by atoms with Crippen LogP contribution in [0.25, 0.3) is 11.3 Å². The van der Waals surface area contributed by atoms with Crippen LogP contribution in [0.15, 0.2) is 30.5 Å². The molecule has 0 saturated carbocycles. The minimum absolute atomic E-state index is 0.101. The van der Waals surface area contributed by atoms with Crippen LogP contribution in [0.5, 0.6) is 0 Å². The van der Waals surface area contributed by atoms with E-state index in [1.807, 2.05) is 36.1 Å². The lowest BCUT2D eigenvalue weighted by Crippen LogP contribution is -2.47. The molecule has 1 amide bonds. The van der Waals surface area contributed by atoms with E-state index in [1.54, 1.807) is 6.20 Å². The largest absolute Gasteiger partial charge is 0.368 e. The second kappa shape index (κ2) is 6.34. The zero-order valence-electron chi connectivity index (χ0n) is 13.5. The number of nitrogens with zero attached hydrogens (tertiary/aromatic N) is 4. The SMILES string of the molecule is Cc1cc(-c2ccnc(N)n2)ccc1C(=O)N1CCN(C)CC1. The molecule has 0 bridgehead atoms. The van der Waals surface area contributed by atoms with Gasteiger partial charge in [0.15, 0.2) is 0 Å². The molecule has 1 aliphatic rings. The average molecular weight is 311 g/mol. The third-order valence-corrected chi connectivity index (χ3v) is 4.22. The van der Waals surface area contributed by atoms with Crippen LogP contribution in [0.2, 0.25) is 0 Å². The van der Waals surface area contributed by atoms with Gasteiger partial charge in [0.25, 0.3) is 5.91 Å². The number of hydrogen-bond acceptors (Lipinski definition) is 5. The van der Waals surface area contributed by atoms with E-state index in [9.17, 15) is 4.79 Å². The lowest BCUT2D eigenvalue weighted by Gasteiger charge is -2.32. The average Bonchev–Trinajstić information content (AvgIpc) is 2.55. The van der Waals surface area contributed by atoms with E-state index in [0.29, 0.717) is 0 Å². The first-order valence-corrected chi connectivity index (χ1v) is 7.72. The molecule has 2 aromatic rings. The Morgan fingerprint density at radius 1 is 1.17 bits per heavy atom. The summed E-state index contributed by atoms with van der Waals surface area (Å²) in [5.41, 5.74) is 9.03. The summed E-state index contributed by atoms with van der Waals surface area (Å²) < 4.78 is 0. The molecule has 2 heterocycles. The maximum Gasteiger partial charge on any atom is 0.254 e. The molecule has 6 nitrogen and oxygen atoms in total. The van der Waals surface area contributed by atoms with Crippen molar-refractivity contribution in [3.8, 4) is 11.3 Å². The van der Waals surface area contributed by atoms with Gasteiger partial charge in [0.2, 0.25) is 5.95 Å². The smallest absolute Gasteiger partial charge is 0.254 e. The van der Waals surface area contributed by atoms with Crippen LogP contribution in [0.3, 0.4) is 0 Å². The van der Waals surface area contributed by atoms with Crippen molar-refractivity contribution >= 4 is 11.9 Å². The van der Waals surface area contributed by atoms with Gasteiger partial charge in [-0.2, -0.15) is 0 Å². The van der Waals surface area contributed by atoms with Gasteiger partial charge in [-0.15, -0.1) is 0 Å². The number of nitrogen functional groups attached to an aromatic ring is 1. The molecule has 0 spiro atoms. The van der Waals surface area contributed by atoms with E-state index in [2.05, 4.69) is 21.9 Å². The van der Waals surface area contributed by atoms with Crippen LogP contribution in [-0.4, -0.2) is 58.9 Å². The van der Waals surface area contributed by atoms with Crippen molar-refractivity contribution in [2.24, 2.45) is 0 Å². The number of carbonyl (C=O) groups excluding carboxylic acids is 1. The van der Waals surface area contributed by atoms with E-state index >= 15 is 0 Å². The molecule has 1 fully saturated rings. The Morgan fingerprint density at radius 2 is 1.91 bits per heavy atom. The fourth-order valence-electron chi connectivity index (χ4n) is 2.78. The number of anilines is 1. The summed E-state index contributed by atoms with van der Waals surface area (Å²) >= 11 is 0. The highest BCUT2D eigenvalue weighted by molar-refractivity contribution is 5.96. The molecule has 23 heavy (non-hydrogen) atoms. The maximum atomic E-state index is 12.7. The van der Waals surface area contributed by atoms with Gasteiger partial charge in [-0.1, -0.05) is 6.07 Å². The van der Waals surface area contributed by atoms with E-state index in [4.69, 9.17) is 5.73 Å². The highest BCUT2D eigenvalue weighted by Crippen LogP contribution is 2.22. The Bertz CT molecular complexity index is 723. The van der Waals surface area contributed by atoms with Crippen LogP contribution in [0, 0.1) is 6.92 Å². The van der Waals surface area contributed by atoms with E-state index < -0.39 is 0 Å². The predicted octanol–water partition coefficient (Wildman–Crippen LogP) is 1.42. The van der Waals surface area contributed by atoms with Crippen molar-refractivity contribution in [3.05, 3.63) is 41.6 Å². The molecule has 1 saturated heterocycles. The topological polar surface area (TPSA) is 75.3 Å². The standard InChI is InChI=1S/C17H21N5O/c1-12-11-13(15-5-6-19-17(18)20-15)3-4-14(12)16(23)22-9-7-21(2)8-10-22/h3-6,11H,7-10H2,1-2H3,(H2,18,19,20). The summed E-state index contributed by atoms with van der Waals surface area (Å²) in [5, 5.41) is 0. The Kier molecular flexibility index (Phi) is 4.25. The second-order valence-corrected chi connectivity index (χ2v) is 5.93. The van der Waals surface area contributed by atoms with E-state index in [0.717, 1.165) is 48.6 Å². The molecule has 1 aliphatic heterocycles. The lowest BCUT2D eigenvalue weighted by molar-refractivity contribution is 0.0663. The number of piperazine rings is 1. The minimum atomic E-state index is 0.101. The Morgan fingerprint density at radius 3 is 2.57 bits per heavy atom. The third-order valence-electron chi connectivity index (χ3n) is 4.22. The van der Waals surface area contributed by atoms with E-state index in [1.165, 1.54) is 0 Å². The summed E-state index contributed by atoms with van der Waals surface area (Å²) in [4.78, 5) is 25.0. The molecular formula is C17H21N5O. The Hall–Kier alpha value is -2.47. The van der Waals surface area contributed by atoms with Crippen molar-refractivity contribution < 1.29 is 4.79 Å². The van der Waals surface area contributed by atoms with Gasteiger partial charge in [0.05, 0.1) is 5.69 Å². The monoisotopic (exact) mass is 311 g/mol. The molecule has 6 heteroatoms. The number of likely N-dealkylation sites (N-methyl/N-ethyl adjacent to an activating group) is 1. The first-order valence-electron chi connectivity index (χ1n) is 7.72. The molecule has 120 valence electrons. The quantitative estimate of drug-likeness (QED) is 0.908. The number of benzene rings is 1. The normalized spacial score (nSPS) is 15.7. The number of rotatable bonds is 2. The molecule has 1 aromatic carbocycles. The van der Waals surface area contributed by atoms with Gasteiger partial charge >= 0.3 is 0 Å². The number of aromatic nitrogens is 2. The van der Waals surface area contributed by atoms with Gasteiger partial charge < -0.3 is 15.5 Å². The highest BCUT2D eigenvalue weighted by atomic mass is 16.2. The molecule has 3 rings (SSSR count). The number of amides is 1. The second-order valence-electron chi connectivity index (χ2n) is 5.93. The summed E-state index contributed by atoms with van der Waals surface area (Å²) in [7, 11) is 2.08. The lowest BCUT2D eigenvalue weighted by atomic mass is 10.0.